The standard InChI is InChI=1S/C31H44ClN5O3Si/c1-9-41(10-2,31(5,6)7)40-23(4)20-26-27(19-22(3)33-29(26)32)37-16-15-28(34-37)36-18-17-35(30(36)38)21-24-11-13-25(39-8)14-12-24/h11-16,19,23H,9-10,17-18,20-21H2,1-8H3. The Hall–Kier alpha value is -2.88. The molecule has 1 fully saturated rings. The maximum atomic E-state index is 13.3. The minimum atomic E-state index is -1.99. The van der Waals surface area contributed by atoms with Crippen molar-refractivity contribution in [3.63, 3.8) is 0 Å². The van der Waals surface area contributed by atoms with E-state index in [1.807, 2.05) is 59.1 Å². The average molecular weight is 598 g/mol. The van der Waals surface area contributed by atoms with Crippen LogP contribution in [0, 0.1) is 6.92 Å². The molecule has 0 saturated carbocycles. The van der Waals surface area contributed by atoms with Crippen LogP contribution >= 0.6 is 11.6 Å². The van der Waals surface area contributed by atoms with Crippen molar-refractivity contribution in [2.45, 2.75) is 84.7 Å². The highest BCUT2D eigenvalue weighted by Gasteiger charge is 2.44. The zero-order valence-electron chi connectivity index (χ0n) is 25.7. The molecule has 0 spiro atoms. The molecule has 2 amide bonds. The predicted octanol–water partition coefficient (Wildman–Crippen LogP) is 7.41. The summed E-state index contributed by atoms with van der Waals surface area (Å²) in [5.74, 6) is 1.41. The largest absolute Gasteiger partial charge is 0.497 e. The van der Waals surface area contributed by atoms with Gasteiger partial charge in [-0.1, -0.05) is 58.4 Å². The van der Waals surface area contributed by atoms with Gasteiger partial charge in [0.2, 0.25) is 0 Å². The van der Waals surface area contributed by atoms with Crippen LogP contribution in [0.15, 0.2) is 42.6 Å². The summed E-state index contributed by atoms with van der Waals surface area (Å²) in [5.41, 5.74) is 3.63. The van der Waals surface area contributed by atoms with E-state index in [-0.39, 0.29) is 17.2 Å². The third kappa shape index (κ3) is 6.63. The van der Waals surface area contributed by atoms with Gasteiger partial charge in [0.05, 0.1) is 12.8 Å². The number of benzene rings is 1. The van der Waals surface area contributed by atoms with Crippen molar-refractivity contribution in [1.82, 2.24) is 19.7 Å². The number of carbonyl (C=O) groups excluding carboxylic acids is 1. The number of amides is 2. The van der Waals surface area contributed by atoms with Gasteiger partial charge in [-0.05, 0) is 54.7 Å². The molecule has 41 heavy (non-hydrogen) atoms. The van der Waals surface area contributed by atoms with Crippen LogP contribution in [0.4, 0.5) is 10.6 Å². The van der Waals surface area contributed by atoms with Crippen LogP contribution in [-0.2, 0) is 17.4 Å². The molecule has 222 valence electrons. The first-order valence-electron chi connectivity index (χ1n) is 14.5. The van der Waals surface area contributed by atoms with E-state index in [9.17, 15) is 4.79 Å². The number of methoxy groups -OCH3 is 1. The monoisotopic (exact) mass is 597 g/mol. The fourth-order valence-corrected chi connectivity index (χ4v) is 10.4. The van der Waals surface area contributed by atoms with E-state index in [4.69, 9.17) is 25.9 Å². The van der Waals surface area contributed by atoms with Gasteiger partial charge in [-0.25, -0.2) is 14.5 Å². The topological polar surface area (TPSA) is 72.7 Å². The minimum Gasteiger partial charge on any atom is -0.497 e. The van der Waals surface area contributed by atoms with Gasteiger partial charge in [0.1, 0.15) is 10.9 Å². The van der Waals surface area contributed by atoms with Crippen molar-refractivity contribution < 1.29 is 14.0 Å². The van der Waals surface area contributed by atoms with E-state index in [1.54, 1.807) is 12.0 Å². The summed E-state index contributed by atoms with van der Waals surface area (Å²) in [5, 5.41) is 5.43. The van der Waals surface area contributed by atoms with E-state index in [0.29, 0.717) is 37.0 Å². The Bertz CT molecular complexity index is 1350. The number of anilines is 1. The summed E-state index contributed by atoms with van der Waals surface area (Å²) in [6.07, 6.45) is 2.49. The maximum Gasteiger partial charge on any atom is 0.326 e. The van der Waals surface area contributed by atoms with E-state index in [1.165, 1.54) is 0 Å². The number of carbonyl (C=O) groups is 1. The van der Waals surface area contributed by atoms with Crippen LogP contribution in [0.1, 0.15) is 58.4 Å². The Kier molecular flexibility index (Phi) is 9.51. The Morgan fingerprint density at radius 2 is 1.78 bits per heavy atom. The summed E-state index contributed by atoms with van der Waals surface area (Å²) < 4.78 is 14.0. The zero-order valence-corrected chi connectivity index (χ0v) is 27.5. The molecule has 1 unspecified atom stereocenters. The molecule has 1 aliphatic rings. The molecule has 4 rings (SSSR count). The molecule has 0 radical (unpaired) electrons. The number of nitrogens with zero attached hydrogens (tertiary/aromatic N) is 5. The lowest BCUT2D eigenvalue weighted by atomic mass is 10.1. The fraction of sp³-hybridized carbons (Fsp3) is 0.516. The second-order valence-electron chi connectivity index (χ2n) is 12.0. The van der Waals surface area contributed by atoms with Gasteiger partial charge >= 0.3 is 6.03 Å². The third-order valence-electron chi connectivity index (χ3n) is 8.33. The van der Waals surface area contributed by atoms with Gasteiger partial charge in [-0.2, -0.15) is 0 Å². The van der Waals surface area contributed by atoms with Crippen molar-refractivity contribution in [2.24, 2.45) is 0 Å². The van der Waals surface area contributed by atoms with Crippen molar-refractivity contribution in [3.05, 3.63) is 64.6 Å². The van der Waals surface area contributed by atoms with Crippen molar-refractivity contribution in [3.8, 4) is 11.4 Å². The predicted molar refractivity (Wildman–Crippen MR) is 168 cm³/mol. The molecule has 10 heteroatoms. The molecule has 0 aliphatic carbocycles. The molecule has 0 N–H and O–H groups in total. The number of hydrogen-bond acceptors (Lipinski definition) is 5. The number of aromatic nitrogens is 3. The van der Waals surface area contributed by atoms with Crippen molar-refractivity contribution in [2.75, 3.05) is 25.1 Å². The Morgan fingerprint density at radius 1 is 1.10 bits per heavy atom. The lowest BCUT2D eigenvalue weighted by molar-refractivity contribution is 0.192. The quantitative estimate of drug-likeness (QED) is 0.170. The number of aryl methyl sites for hydroxylation is 1. The number of ether oxygens (including phenoxy) is 1. The Balaban J connectivity index is 1.54. The smallest absolute Gasteiger partial charge is 0.326 e. The molecule has 2 aromatic heterocycles. The van der Waals surface area contributed by atoms with E-state index in [0.717, 1.165) is 40.3 Å². The fourth-order valence-electron chi connectivity index (χ4n) is 5.89. The van der Waals surface area contributed by atoms with Gasteiger partial charge in [0, 0.05) is 55.7 Å². The SMILES string of the molecule is CC[Si](CC)(OC(C)Cc1c(-n2ccc(N3CCN(Cc4ccc(OC)cc4)C3=O)n2)cc(C)nc1Cl)C(C)(C)C. The van der Waals surface area contributed by atoms with Crippen LogP contribution in [0.5, 0.6) is 5.75 Å². The average Bonchev–Trinajstić information content (AvgIpc) is 3.55. The van der Waals surface area contributed by atoms with E-state index >= 15 is 0 Å². The van der Waals surface area contributed by atoms with Crippen molar-refractivity contribution in [1.29, 1.82) is 0 Å². The maximum absolute atomic E-state index is 13.3. The number of rotatable bonds is 11. The highest BCUT2D eigenvalue weighted by atomic mass is 35.5. The second-order valence-corrected chi connectivity index (χ2v) is 17.5. The molecular weight excluding hydrogens is 554 g/mol. The van der Waals surface area contributed by atoms with Crippen LogP contribution < -0.4 is 9.64 Å². The summed E-state index contributed by atoms with van der Waals surface area (Å²) in [6, 6.07) is 13.7. The first-order valence-corrected chi connectivity index (χ1v) is 17.2. The van der Waals surface area contributed by atoms with Gasteiger partial charge in [0.25, 0.3) is 0 Å². The van der Waals surface area contributed by atoms with Gasteiger partial charge in [0.15, 0.2) is 14.1 Å². The molecule has 0 bridgehead atoms. The van der Waals surface area contributed by atoms with Crippen LogP contribution in [0.25, 0.3) is 5.69 Å². The Labute approximate surface area is 250 Å². The van der Waals surface area contributed by atoms with Crippen LogP contribution in [-0.4, -0.2) is 60.3 Å². The summed E-state index contributed by atoms with van der Waals surface area (Å²) in [6.45, 7) is 17.2. The second kappa shape index (κ2) is 12.5. The lowest BCUT2D eigenvalue weighted by Crippen LogP contribution is -2.48. The summed E-state index contributed by atoms with van der Waals surface area (Å²) in [7, 11) is -0.344. The molecule has 3 aromatic rings. The van der Waals surface area contributed by atoms with E-state index in [2.05, 4.69) is 46.5 Å². The highest BCUT2D eigenvalue weighted by molar-refractivity contribution is 6.76. The molecule has 3 heterocycles. The van der Waals surface area contributed by atoms with Crippen LogP contribution in [0.3, 0.4) is 0 Å². The molecule has 1 atom stereocenters. The minimum absolute atomic E-state index is 0.0248. The van der Waals surface area contributed by atoms with Crippen LogP contribution in [0.2, 0.25) is 22.3 Å². The van der Waals surface area contributed by atoms with Gasteiger partial charge in [-0.15, -0.1) is 5.10 Å². The lowest BCUT2D eigenvalue weighted by Gasteiger charge is -2.43. The zero-order chi connectivity index (χ0) is 29.9. The molecule has 1 aromatic carbocycles. The van der Waals surface area contributed by atoms with Crippen molar-refractivity contribution >= 4 is 31.8 Å². The molecule has 1 aliphatic heterocycles. The molecule has 8 nitrogen and oxygen atoms in total. The first kappa shape index (κ1) is 31.1. The number of urea groups is 1. The first-order chi connectivity index (χ1) is 19.4. The number of hydrogen-bond donors (Lipinski definition) is 0. The number of pyridine rings is 1. The van der Waals surface area contributed by atoms with Gasteiger partial charge in [-0.3, -0.25) is 4.90 Å². The number of halogens is 1. The third-order valence-corrected chi connectivity index (χ3v) is 14.5. The molecular formula is C31H44ClN5O3Si. The normalized spacial score (nSPS) is 15.1. The van der Waals surface area contributed by atoms with E-state index < -0.39 is 8.32 Å². The summed E-state index contributed by atoms with van der Waals surface area (Å²) in [4.78, 5) is 21.4. The summed E-state index contributed by atoms with van der Waals surface area (Å²) >= 11 is 6.75. The Morgan fingerprint density at radius 3 is 2.39 bits per heavy atom. The van der Waals surface area contributed by atoms with Gasteiger partial charge < -0.3 is 14.1 Å². The molecule has 1 saturated heterocycles. The highest BCUT2D eigenvalue weighted by Crippen LogP contribution is 2.43.